The highest BCUT2D eigenvalue weighted by Crippen LogP contribution is 2.36. The van der Waals surface area contributed by atoms with Crippen LogP contribution in [0.4, 0.5) is 4.79 Å². The van der Waals surface area contributed by atoms with Crippen molar-refractivity contribution in [2.24, 2.45) is 11.8 Å². The molecule has 0 bridgehead atoms. The molecule has 1 atom stereocenters. The molecule has 148 valence electrons. The fourth-order valence-electron chi connectivity index (χ4n) is 4.00. The highest BCUT2D eigenvalue weighted by atomic mass is 32.1. The summed E-state index contributed by atoms with van der Waals surface area (Å²) >= 11 is 1.60. The van der Waals surface area contributed by atoms with Crippen molar-refractivity contribution in [1.82, 2.24) is 15.5 Å². The Morgan fingerprint density at radius 3 is 2.67 bits per heavy atom. The molecule has 1 unspecified atom stereocenters. The van der Waals surface area contributed by atoms with Crippen LogP contribution in [0.25, 0.3) is 0 Å². The summed E-state index contributed by atoms with van der Waals surface area (Å²) in [6.07, 6.45) is 3.96. The molecule has 1 aliphatic heterocycles. The number of carbonyl (C=O) groups is 3. The number of nitrogens with one attached hydrogen (secondary N) is 2. The van der Waals surface area contributed by atoms with Crippen molar-refractivity contribution in [3.63, 3.8) is 0 Å². The lowest BCUT2D eigenvalue weighted by atomic mass is 9.77. The van der Waals surface area contributed by atoms with Gasteiger partial charge in [-0.25, -0.2) is 4.79 Å². The van der Waals surface area contributed by atoms with Gasteiger partial charge in [0.15, 0.2) is 0 Å². The van der Waals surface area contributed by atoms with E-state index in [1.54, 1.807) is 11.3 Å². The van der Waals surface area contributed by atoms with E-state index in [2.05, 4.69) is 31.4 Å². The summed E-state index contributed by atoms with van der Waals surface area (Å²) in [4.78, 5) is 40.1. The number of amides is 4. The Morgan fingerprint density at radius 1 is 1.37 bits per heavy atom. The van der Waals surface area contributed by atoms with Crippen molar-refractivity contribution >= 4 is 29.2 Å². The Kier molecular flexibility index (Phi) is 5.89. The average Bonchev–Trinajstić information content (AvgIpc) is 3.21. The Morgan fingerprint density at radius 2 is 2.07 bits per heavy atom. The minimum Gasteiger partial charge on any atom is -0.347 e. The van der Waals surface area contributed by atoms with Crippen molar-refractivity contribution in [2.75, 3.05) is 6.54 Å². The highest BCUT2D eigenvalue weighted by molar-refractivity contribution is 7.10. The molecule has 0 aromatic carbocycles. The molecule has 2 heterocycles. The van der Waals surface area contributed by atoms with Gasteiger partial charge >= 0.3 is 6.03 Å². The third kappa shape index (κ3) is 4.34. The second kappa shape index (κ2) is 8.00. The molecule has 4 amide bonds. The molecule has 1 spiro atoms. The van der Waals surface area contributed by atoms with Crippen molar-refractivity contribution in [3.05, 3.63) is 22.4 Å². The van der Waals surface area contributed by atoms with Gasteiger partial charge in [0.1, 0.15) is 12.1 Å². The van der Waals surface area contributed by atoms with Crippen LogP contribution in [0.2, 0.25) is 0 Å². The monoisotopic (exact) mass is 391 g/mol. The van der Waals surface area contributed by atoms with Crippen molar-refractivity contribution < 1.29 is 14.4 Å². The summed E-state index contributed by atoms with van der Waals surface area (Å²) in [6.45, 7) is 6.16. The molecular formula is C20H29N3O3S. The normalized spacial score (nSPS) is 26.5. The molecule has 1 aliphatic carbocycles. The van der Waals surface area contributed by atoms with Gasteiger partial charge in [-0.3, -0.25) is 14.5 Å². The van der Waals surface area contributed by atoms with Crippen molar-refractivity contribution in [2.45, 2.75) is 64.5 Å². The molecule has 2 N–H and O–H groups in total. The van der Waals surface area contributed by atoms with E-state index in [9.17, 15) is 14.4 Å². The van der Waals surface area contributed by atoms with E-state index in [0.717, 1.165) is 29.0 Å². The Labute approximate surface area is 164 Å². The van der Waals surface area contributed by atoms with Gasteiger partial charge < -0.3 is 10.6 Å². The van der Waals surface area contributed by atoms with Gasteiger partial charge in [0.05, 0.1) is 6.04 Å². The summed E-state index contributed by atoms with van der Waals surface area (Å²) in [7, 11) is 0. The lowest BCUT2D eigenvalue weighted by molar-refractivity contribution is -0.136. The molecule has 27 heavy (non-hydrogen) atoms. The number of hydrogen-bond donors (Lipinski definition) is 2. The standard InChI is InChI=1S/C20H29N3O3S/c1-13(2)11-15(16-5-4-10-27-16)21-17(24)12-23-18(25)20(22-19(23)26)8-6-14(3)7-9-20/h4-5,10,13-15H,6-9,11-12H2,1-3H3,(H,21,24)(H,22,26). The Bertz CT molecular complexity index is 693. The quantitative estimate of drug-likeness (QED) is 0.729. The van der Waals surface area contributed by atoms with Crippen molar-refractivity contribution in [3.8, 4) is 0 Å². The minimum absolute atomic E-state index is 0.0947. The number of rotatable bonds is 6. The fraction of sp³-hybridized carbons (Fsp3) is 0.650. The summed E-state index contributed by atoms with van der Waals surface area (Å²) in [5, 5.41) is 7.87. The van der Waals surface area contributed by atoms with E-state index in [-0.39, 0.29) is 24.4 Å². The first-order valence-electron chi connectivity index (χ1n) is 9.77. The van der Waals surface area contributed by atoms with E-state index in [0.29, 0.717) is 24.7 Å². The Balaban J connectivity index is 1.64. The van der Waals surface area contributed by atoms with Crippen molar-refractivity contribution in [1.29, 1.82) is 0 Å². The maximum atomic E-state index is 12.9. The van der Waals surface area contributed by atoms with Gasteiger partial charge in [-0.2, -0.15) is 0 Å². The lowest BCUT2D eigenvalue weighted by Crippen LogP contribution is -2.50. The Hall–Kier alpha value is -1.89. The largest absolute Gasteiger partial charge is 0.347 e. The van der Waals surface area contributed by atoms with Crippen LogP contribution in [0.15, 0.2) is 17.5 Å². The molecule has 6 nitrogen and oxygen atoms in total. The van der Waals surface area contributed by atoms with E-state index >= 15 is 0 Å². The van der Waals surface area contributed by atoms with Crippen LogP contribution in [0, 0.1) is 11.8 Å². The van der Waals surface area contributed by atoms with Crippen LogP contribution in [0.5, 0.6) is 0 Å². The first kappa shape index (κ1) is 19.9. The highest BCUT2D eigenvalue weighted by Gasteiger charge is 2.52. The molecule has 1 saturated carbocycles. The summed E-state index contributed by atoms with van der Waals surface area (Å²) in [6, 6.07) is 3.43. The molecule has 1 aromatic heterocycles. The zero-order valence-corrected chi connectivity index (χ0v) is 17.1. The summed E-state index contributed by atoms with van der Waals surface area (Å²) in [5.41, 5.74) is -0.797. The minimum atomic E-state index is -0.797. The number of nitrogens with zero attached hydrogens (tertiary/aromatic N) is 1. The number of urea groups is 1. The van der Waals surface area contributed by atoms with E-state index in [1.807, 2.05) is 17.5 Å². The number of hydrogen-bond acceptors (Lipinski definition) is 4. The average molecular weight is 392 g/mol. The maximum absolute atomic E-state index is 12.9. The maximum Gasteiger partial charge on any atom is 0.325 e. The van der Waals surface area contributed by atoms with Crippen LogP contribution in [0.3, 0.4) is 0 Å². The van der Waals surface area contributed by atoms with E-state index < -0.39 is 11.6 Å². The smallest absolute Gasteiger partial charge is 0.325 e. The fourth-order valence-corrected chi connectivity index (χ4v) is 4.80. The van der Waals surface area contributed by atoms with Gasteiger partial charge in [0.2, 0.25) is 5.91 Å². The summed E-state index contributed by atoms with van der Waals surface area (Å²) < 4.78 is 0. The molecule has 2 fully saturated rings. The van der Waals surface area contributed by atoms with E-state index in [4.69, 9.17) is 0 Å². The topological polar surface area (TPSA) is 78.5 Å². The lowest BCUT2D eigenvalue weighted by Gasteiger charge is -2.33. The van der Waals surface area contributed by atoms with Gasteiger partial charge in [-0.1, -0.05) is 26.8 Å². The number of carbonyl (C=O) groups excluding carboxylic acids is 3. The van der Waals surface area contributed by atoms with Crippen LogP contribution in [-0.4, -0.2) is 34.8 Å². The predicted octanol–water partition coefficient (Wildman–Crippen LogP) is 3.45. The molecule has 2 aliphatic rings. The first-order valence-corrected chi connectivity index (χ1v) is 10.7. The zero-order chi connectivity index (χ0) is 19.6. The SMILES string of the molecule is CC(C)CC(NC(=O)CN1C(=O)NC2(CCC(C)CC2)C1=O)c1cccs1. The third-order valence-electron chi connectivity index (χ3n) is 5.60. The molecule has 1 aromatic rings. The second-order valence-corrected chi connectivity index (χ2v) is 9.33. The number of imide groups is 1. The third-order valence-corrected chi connectivity index (χ3v) is 6.59. The first-order chi connectivity index (χ1) is 12.8. The zero-order valence-electron chi connectivity index (χ0n) is 16.3. The molecular weight excluding hydrogens is 362 g/mol. The second-order valence-electron chi connectivity index (χ2n) is 8.35. The predicted molar refractivity (Wildman–Crippen MR) is 105 cm³/mol. The molecule has 1 saturated heterocycles. The van der Waals surface area contributed by atoms with Gasteiger partial charge in [0, 0.05) is 4.88 Å². The van der Waals surface area contributed by atoms with Gasteiger partial charge in [-0.15, -0.1) is 11.3 Å². The van der Waals surface area contributed by atoms with Crippen LogP contribution < -0.4 is 10.6 Å². The van der Waals surface area contributed by atoms with E-state index in [1.165, 1.54) is 0 Å². The van der Waals surface area contributed by atoms with Gasteiger partial charge in [-0.05, 0) is 55.4 Å². The van der Waals surface area contributed by atoms with Gasteiger partial charge in [0.25, 0.3) is 5.91 Å². The molecule has 0 radical (unpaired) electrons. The van der Waals surface area contributed by atoms with Crippen LogP contribution in [-0.2, 0) is 9.59 Å². The molecule has 7 heteroatoms. The van der Waals surface area contributed by atoms with Crippen LogP contribution in [0.1, 0.15) is 63.8 Å². The summed E-state index contributed by atoms with van der Waals surface area (Å²) in [5.74, 6) is 0.451. The van der Waals surface area contributed by atoms with Crippen LogP contribution >= 0.6 is 11.3 Å². The number of thiophene rings is 1. The molecule has 3 rings (SSSR count).